The van der Waals surface area contributed by atoms with Crippen LogP contribution in [0.25, 0.3) is 35.4 Å². The number of nitrogens with zero attached hydrogens (tertiary/aromatic N) is 2. The molecule has 0 aromatic heterocycles. The fourth-order valence-electron chi connectivity index (χ4n) is 4.48. The molecular formula is C34H32N2O10. The summed E-state index contributed by atoms with van der Waals surface area (Å²) in [4.78, 5) is 21.2. The topological polar surface area (TPSA) is 142 Å². The molecule has 0 N–H and O–H groups in total. The predicted molar refractivity (Wildman–Crippen MR) is 174 cm³/mol. The highest BCUT2D eigenvalue weighted by Gasteiger charge is 2.22. The van der Waals surface area contributed by atoms with E-state index in [2.05, 4.69) is 0 Å². The summed E-state index contributed by atoms with van der Waals surface area (Å²) in [6, 6.07) is 19.7. The number of nitro groups is 2. The normalized spacial score (nSPS) is 11.1. The molecule has 0 aliphatic rings. The van der Waals surface area contributed by atoms with E-state index in [-0.39, 0.29) is 25.0 Å². The third-order valence-electron chi connectivity index (χ3n) is 6.67. The third-order valence-corrected chi connectivity index (χ3v) is 6.67. The molecule has 0 aliphatic carbocycles. The first-order chi connectivity index (χ1) is 22.3. The van der Waals surface area contributed by atoms with Gasteiger partial charge in [0, 0.05) is 49.6 Å². The molecule has 4 rings (SSSR count). The molecule has 0 saturated heterocycles. The Balaban J connectivity index is 1.87. The Morgan fingerprint density at radius 2 is 0.891 bits per heavy atom. The zero-order chi connectivity index (χ0) is 33.1. The summed E-state index contributed by atoms with van der Waals surface area (Å²) in [5.74, 6) is 1.61. The van der Waals surface area contributed by atoms with Gasteiger partial charge in [-0.3, -0.25) is 20.2 Å². The minimum atomic E-state index is -0.448. The zero-order valence-electron chi connectivity index (χ0n) is 25.6. The number of benzene rings is 4. The standard InChI is InChI=1S/C34H32N2O10/c1-41-21-45-33-29(17-25(19-31(33)43-3)7-5-23-9-13-27(14-10-23)35(37)38)30-18-26(20-32(44-4)34(30)46-22-42-2)8-6-24-11-15-28(16-12-24)36(39)40/h5-20H,21-22H2,1-4H3/b7-5+,8-6+. The van der Waals surface area contributed by atoms with Crippen molar-refractivity contribution >= 4 is 35.7 Å². The van der Waals surface area contributed by atoms with Gasteiger partial charge in [0.15, 0.2) is 36.6 Å². The lowest BCUT2D eigenvalue weighted by Gasteiger charge is -2.20. The van der Waals surface area contributed by atoms with Crippen LogP contribution < -0.4 is 18.9 Å². The van der Waals surface area contributed by atoms with Crippen molar-refractivity contribution in [2.75, 3.05) is 42.0 Å². The first kappa shape index (κ1) is 33.2. The number of non-ortho nitro benzene ring substituents is 2. The number of hydrogen-bond donors (Lipinski definition) is 0. The molecule has 0 unspecified atom stereocenters. The lowest BCUT2D eigenvalue weighted by Crippen LogP contribution is -2.06. The summed E-state index contributed by atoms with van der Waals surface area (Å²) in [6.07, 6.45) is 7.34. The van der Waals surface area contributed by atoms with Gasteiger partial charge >= 0.3 is 0 Å². The first-order valence-electron chi connectivity index (χ1n) is 13.8. The van der Waals surface area contributed by atoms with Crippen molar-refractivity contribution in [1.82, 2.24) is 0 Å². The second-order valence-corrected chi connectivity index (χ2v) is 9.67. The Morgan fingerprint density at radius 1 is 0.543 bits per heavy atom. The monoisotopic (exact) mass is 628 g/mol. The first-order valence-corrected chi connectivity index (χ1v) is 13.8. The maximum atomic E-state index is 11.1. The van der Waals surface area contributed by atoms with Crippen molar-refractivity contribution < 1.29 is 38.3 Å². The summed E-state index contributed by atoms with van der Waals surface area (Å²) in [5.41, 5.74) is 4.17. The van der Waals surface area contributed by atoms with Crippen LogP contribution in [0.2, 0.25) is 0 Å². The highest BCUT2D eigenvalue weighted by Crippen LogP contribution is 2.47. The molecule has 0 bridgehead atoms. The molecule has 0 saturated carbocycles. The number of hydrogen-bond acceptors (Lipinski definition) is 10. The van der Waals surface area contributed by atoms with E-state index in [4.69, 9.17) is 28.4 Å². The molecule has 0 fully saturated rings. The minimum Gasteiger partial charge on any atom is -0.493 e. The van der Waals surface area contributed by atoms with Crippen LogP contribution in [0.5, 0.6) is 23.0 Å². The van der Waals surface area contributed by atoms with Crippen molar-refractivity contribution in [3.63, 3.8) is 0 Å². The minimum absolute atomic E-state index is 0.000736. The van der Waals surface area contributed by atoms with Gasteiger partial charge in [-0.25, -0.2) is 0 Å². The van der Waals surface area contributed by atoms with Gasteiger partial charge in [-0.1, -0.05) is 24.3 Å². The molecule has 46 heavy (non-hydrogen) atoms. The van der Waals surface area contributed by atoms with Gasteiger partial charge in [-0.05, 0) is 70.8 Å². The summed E-state index contributed by atoms with van der Waals surface area (Å²) in [7, 11) is 6.06. The van der Waals surface area contributed by atoms with Crippen molar-refractivity contribution in [2.45, 2.75) is 0 Å². The van der Waals surface area contributed by atoms with Crippen molar-refractivity contribution in [3.05, 3.63) is 115 Å². The molecular weight excluding hydrogens is 596 g/mol. The molecule has 238 valence electrons. The number of nitro benzene ring substituents is 2. The van der Waals surface area contributed by atoms with Gasteiger partial charge in [0.25, 0.3) is 11.4 Å². The predicted octanol–water partition coefficient (Wildman–Crippen LogP) is 7.49. The summed E-state index contributed by atoms with van der Waals surface area (Å²) < 4.78 is 33.9. The van der Waals surface area contributed by atoms with E-state index in [9.17, 15) is 20.2 Å². The van der Waals surface area contributed by atoms with Crippen LogP contribution in [0, 0.1) is 20.2 Å². The van der Waals surface area contributed by atoms with E-state index in [1.165, 1.54) is 52.7 Å². The van der Waals surface area contributed by atoms with Gasteiger partial charge in [0.1, 0.15) is 0 Å². The molecule has 0 aliphatic heterocycles. The van der Waals surface area contributed by atoms with E-state index in [0.29, 0.717) is 34.1 Å². The zero-order valence-corrected chi connectivity index (χ0v) is 25.6. The molecule has 4 aromatic carbocycles. The molecule has 12 heteroatoms. The average Bonchev–Trinajstić information content (AvgIpc) is 3.07. The summed E-state index contributed by atoms with van der Waals surface area (Å²) in [5, 5.41) is 22.1. The molecule has 4 aromatic rings. The Morgan fingerprint density at radius 3 is 1.20 bits per heavy atom. The van der Waals surface area contributed by atoms with E-state index < -0.39 is 9.85 Å². The molecule has 0 atom stereocenters. The molecule has 0 heterocycles. The van der Waals surface area contributed by atoms with Crippen LogP contribution >= 0.6 is 0 Å². The molecule has 0 spiro atoms. The van der Waals surface area contributed by atoms with Crippen LogP contribution in [0.4, 0.5) is 11.4 Å². The molecule has 0 amide bonds. The summed E-state index contributed by atoms with van der Waals surface area (Å²) in [6.45, 7) is -0.126. The quantitative estimate of drug-likeness (QED) is 0.0562. The highest BCUT2D eigenvalue weighted by atomic mass is 16.7. The lowest BCUT2D eigenvalue weighted by molar-refractivity contribution is -0.385. The van der Waals surface area contributed by atoms with Crippen molar-refractivity contribution in [2.24, 2.45) is 0 Å². The van der Waals surface area contributed by atoms with Crippen LogP contribution in [0.1, 0.15) is 22.3 Å². The maximum Gasteiger partial charge on any atom is 0.269 e. The van der Waals surface area contributed by atoms with Crippen LogP contribution in [-0.2, 0) is 9.47 Å². The van der Waals surface area contributed by atoms with E-state index >= 15 is 0 Å². The van der Waals surface area contributed by atoms with Crippen molar-refractivity contribution in [3.8, 4) is 34.1 Å². The van der Waals surface area contributed by atoms with Crippen LogP contribution in [0.15, 0.2) is 72.8 Å². The number of ether oxygens (including phenoxy) is 6. The van der Waals surface area contributed by atoms with Gasteiger partial charge in [0.05, 0.1) is 24.1 Å². The van der Waals surface area contributed by atoms with E-state index in [1.807, 2.05) is 36.4 Å². The second-order valence-electron chi connectivity index (χ2n) is 9.67. The van der Waals surface area contributed by atoms with Crippen LogP contribution in [-0.4, -0.2) is 51.9 Å². The fraction of sp³-hybridized carbons (Fsp3) is 0.176. The van der Waals surface area contributed by atoms with Gasteiger partial charge in [0.2, 0.25) is 0 Å². The van der Waals surface area contributed by atoms with Crippen LogP contribution in [0.3, 0.4) is 0 Å². The fourth-order valence-corrected chi connectivity index (χ4v) is 4.48. The summed E-state index contributed by atoms with van der Waals surface area (Å²) >= 11 is 0. The maximum absolute atomic E-state index is 11.1. The largest absolute Gasteiger partial charge is 0.493 e. The Labute approximate surface area is 265 Å². The number of methoxy groups -OCH3 is 4. The van der Waals surface area contributed by atoms with Crippen molar-refractivity contribution in [1.29, 1.82) is 0 Å². The Hall–Kier alpha value is -5.72. The Kier molecular flexibility index (Phi) is 11.4. The lowest BCUT2D eigenvalue weighted by atomic mass is 9.96. The molecule has 12 nitrogen and oxygen atoms in total. The van der Waals surface area contributed by atoms with E-state index in [0.717, 1.165) is 22.3 Å². The smallest absolute Gasteiger partial charge is 0.269 e. The van der Waals surface area contributed by atoms with Gasteiger partial charge in [-0.2, -0.15) is 0 Å². The Bertz CT molecular complexity index is 1600. The average molecular weight is 629 g/mol. The van der Waals surface area contributed by atoms with E-state index in [1.54, 1.807) is 36.4 Å². The number of rotatable bonds is 15. The highest BCUT2D eigenvalue weighted by molar-refractivity contribution is 5.86. The SMILES string of the molecule is COCOc1c(OC)cc(/C=C/c2ccc([N+](=O)[O-])cc2)cc1-c1cc(/C=C/c2ccc([N+](=O)[O-])cc2)cc(OC)c1OCOC. The van der Waals surface area contributed by atoms with Gasteiger partial charge < -0.3 is 28.4 Å². The van der Waals surface area contributed by atoms with Gasteiger partial charge in [-0.15, -0.1) is 0 Å². The second kappa shape index (κ2) is 15.8. The molecule has 0 radical (unpaired) electrons. The third kappa shape index (κ3) is 8.25.